The molecule has 1 heterocycles. The summed E-state index contributed by atoms with van der Waals surface area (Å²) < 4.78 is 43.5. The largest absolute Gasteiger partial charge is 0.462 e. The fourth-order valence-corrected chi connectivity index (χ4v) is 1.68. The number of halogens is 3. The average Bonchev–Trinajstić information content (AvgIpc) is 2.53. The molecule has 0 bridgehead atoms. The first-order valence-corrected chi connectivity index (χ1v) is 5.17. The predicted molar refractivity (Wildman–Crippen MR) is 56.0 cm³/mol. The number of aromatic nitrogens is 1. The summed E-state index contributed by atoms with van der Waals surface area (Å²) in [5, 5.41) is 0. The average molecular weight is 249 g/mol. The quantitative estimate of drug-likeness (QED) is 0.768. The van der Waals surface area contributed by atoms with Gasteiger partial charge in [0.15, 0.2) is 0 Å². The van der Waals surface area contributed by atoms with Crippen molar-refractivity contribution in [1.29, 1.82) is 0 Å². The third-order valence-corrected chi connectivity index (χ3v) is 2.43. The number of hydrogen-bond donors (Lipinski definition) is 0. The fraction of sp³-hybridized carbons (Fsp3) is 0.545. The monoisotopic (exact) mass is 249 g/mol. The van der Waals surface area contributed by atoms with Crippen molar-refractivity contribution in [1.82, 2.24) is 4.57 Å². The highest BCUT2D eigenvalue weighted by Crippen LogP contribution is 2.26. The molecule has 0 aromatic carbocycles. The normalized spacial score (nSPS) is 12.9. The van der Waals surface area contributed by atoms with Gasteiger partial charge >= 0.3 is 5.97 Å². The van der Waals surface area contributed by atoms with Gasteiger partial charge in [0.25, 0.3) is 6.43 Å². The van der Waals surface area contributed by atoms with Crippen molar-refractivity contribution in [3.63, 3.8) is 0 Å². The van der Waals surface area contributed by atoms with Gasteiger partial charge in [-0.2, -0.15) is 0 Å². The van der Waals surface area contributed by atoms with Gasteiger partial charge in [0, 0.05) is 11.4 Å². The minimum Gasteiger partial charge on any atom is -0.462 e. The Labute approximate surface area is 97.2 Å². The van der Waals surface area contributed by atoms with Crippen molar-refractivity contribution >= 4 is 5.97 Å². The van der Waals surface area contributed by atoms with Crippen LogP contribution in [0.1, 0.15) is 35.0 Å². The van der Waals surface area contributed by atoms with Gasteiger partial charge in [-0.05, 0) is 26.8 Å². The highest BCUT2D eigenvalue weighted by molar-refractivity contribution is 5.91. The first-order valence-electron chi connectivity index (χ1n) is 5.17. The number of aryl methyl sites for hydroxylation is 1. The summed E-state index contributed by atoms with van der Waals surface area (Å²) in [4.78, 5) is 11.5. The van der Waals surface area contributed by atoms with Gasteiger partial charge in [0.05, 0.1) is 12.2 Å². The van der Waals surface area contributed by atoms with E-state index in [1.807, 2.05) is 0 Å². The van der Waals surface area contributed by atoms with E-state index in [1.165, 1.54) is 19.9 Å². The molecule has 1 atom stereocenters. The van der Waals surface area contributed by atoms with Crippen LogP contribution in [-0.2, 0) is 4.74 Å². The summed E-state index contributed by atoms with van der Waals surface area (Å²) in [6.45, 7) is 4.68. The summed E-state index contributed by atoms with van der Waals surface area (Å²) in [7, 11) is 0. The maximum absolute atomic E-state index is 13.3. The molecule has 0 amide bonds. The number of rotatable bonds is 4. The lowest BCUT2D eigenvalue weighted by molar-refractivity contribution is 0.00591. The number of nitrogens with zero attached hydrogens (tertiary/aromatic N) is 1. The van der Waals surface area contributed by atoms with Crippen molar-refractivity contribution in [2.24, 2.45) is 0 Å². The van der Waals surface area contributed by atoms with Gasteiger partial charge in [-0.25, -0.2) is 18.0 Å². The second-order valence-electron chi connectivity index (χ2n) is 3.58. The van der Waals surface area contributed by atoms with Gasteiger partial charge in [-0.15, -0.1) is 0 Å². The second-order valence-corrected chi connectivity index (χ2v) is 3.58. The zero-order valence-electron chi connectivity index (χ0n) is 9.84. The molecular formula is C11H14F3NO2. The van der Waals surface area contributed by atoms with Crippen molar-refractivity contribution < 1.29 is 22.7 Å². The van der Waals surface area contributed by atoms with E-state index < -0.39 is 18.7 Å². The minimum absolute atomic E-state index is 0.118. The van der Waals surface area contributed by atoms with E-state index in [1.54, 1.807) is 6.92 Å². The van der Waals surface area contributed by atoms with Crippen LogP contribution in [0.15, 0.2) is 6.07 Å². The molecular weight excluding hydrogens is 235 g/mol. The van der Waals surface area contributed by atoms with Gasteiger partial charge in [-0.1, -0.05) is 0 Å². The molecule has 1 rings (SSSR count). The Kier molecular flexibility index (Phi) is 4.20. The molecule has 6 heteroatoms. The highest BCUT2D eigenvalue weighted by atomic mass is 19.3. The molecule has 1 aromatic heterocycles. The number of carbonyl (C=O) groups is 1. The van der Waals surface area contributed by atoms with Crippen LogP contribution in [0.4, 0.5) is 13.2 Å². The zero-order chi connectivity index (χ0) is 13.2. The van der Waals surface area contributed by atoms with E-state index in [0.29, 0.717) is 0 Å². The predicted octanol–water partition coefficient (Wildman–Crippen LogP) is 3.01. The summed E-state index contributed by atoms with van der Waals surface area (Å²) in [6, 6.07) is 1.35. The van der Waals surface area contributed by atoms with Crippen LogP contribution < -0.4 is 0 Å². The van der Waals surface area contributed by atoms with E-state index in [9.17, 15) is 18.0 Å². The lowest BCUT2D eigenvalue weighted by Crippen LogP contribution is -2.16. The molecule has 1 unspecified atom stereocenters. The van der Waals surface area contributed by atoms with E-state index in [2.05, 4.69) is 0 Å². The van der Waals surface area contributed by atoms with Crippen molar-refractivity contribution in [3.8, 4) is 0 Å². The first kappa shape index (κ1) is 13.6. The Balaban J connectivity index is 3.14. The molecule has 0 saturated carbocycles. The molecule has 0 saturated heterocycles. The molecule has 1 aromatic rings. The van der Waals surface area contributed by atoms with Crippen LogP contribution >= 0.6 is 0 Å². The Morgan fingerprint density at radius 1 is 1.41 bits per heavy atom. The molecule has 0 radical (unpaired) electrons. The Hall–Kier alpha value is -1.46. The van der Waals surface area contributed by atoms with Crippen molar-refractivity contribution in [2.45, 2.75) is 33.5 Å². The Morgan fingerprint density at radius 2 is 2.00 bits per heavy atom. The van der Waals surface area contributed by atoms with Gasteiger partial charge in [-0.3, -0.25) is 0 Å². The molecule has 0 fully saturated rings. The number of ether oxygens (including phenoxy) is 1. The highest BCUT2D eigenvalue weighted by Gasteiger charge is 2.27. The van der Waals surface area contributed by atoms with Crippen LogP contribution in [0.5, 0.6) is 0 Å². The number of esters is 1. The second kappa shape index (κ2) is 5.25. The minimum atomic E-state index is -3.13. The van der Waals surface area contributed by atoms with Crippen LogP contribution in [-0.4, -0.2) is 23.6 Å². The maximum Gasteiger partial charge on any atom is 0.339 e. The lowest BCUT2D eigenvalue weighted by atomic mass is 10.2. The van der Waals surface area contributed by atoms with E-state index in [-0.39, 0.29) is 23.6 Å². The van der Waals surface area contributed by atoms with Crippen molar-refractivity contribution in [3.05, 3.63) is 23.0 Å². The third-order valence-electron chi connectivity index (χ3n) is 2.43. The van der Waals surface area contributed by atoms with Gasteiger partial charge < -0.3 is 9.30 Å². The number of alkyl halides is 3. The SMILES string of the molecule is CCOC(=O)c1cc(C)n(C(F)C(F)F)c1C. The van der Waals surface area contributed by atoms with Crippen LogP contribution in [0.25, 0.3) is 0 Å². The Bertz CT molecular complexity index is 415. The lowest BCUT2D eigenvalue weighted by Gasteiger charge is -2.14. The van der Waals surface area contributed by atoms with Crippen LogP contribution in [0.2, 0.25) is 0 Å². The standard InChI is InChI=1S/C11H14F3NO2/c1-4-17-11(16)8-5-6(2)15(7(8)3)10(14)9(12)13/h5,9-10H,4H2,1-3H3. The van der Waals surface area contributed by atoms with Gasteiger partial charge in [0.1, 0.15) is 0 Å². The molecule has 96 valence electrons. The Morgan fingerprint density at radius 3 is 2.47 bits per heavy atom. The molecule has 0 spiro atoms. The molecule has 3 nitrogen and oxygen atoms in total. The number of hydrogen-bond acceptors (Lipinski definition) is 2. The molecule has 0 N–H and O–H groups in total. The third kappa shape index (κ3) is 2.62. The molecule has 0 aliphatic carbocycles. The molecule has 0 aliphatic rings. The summed E-state index contributed by atoms with van der Waals surface area (Å²) in [5.74, 6) is -0.631. The first-order chi connectivity index (χ1) is 7.90. The fourth-order valence-electron chi connectivity index (χ4n) is 1.68. The van der Waals surface area contributed by atoms with Crippen LogP contribution in [0, 0.1) is 13.8 Å². The maximum atomic E-state index is 13.3. The van der Waals surface area contributed by atoms with E-state index in [0.717, 1.165) is 4.57 Å². The van der Waals surface area contributed by atoms with Crippen LogP contribution in [0.3, 0.4) is 0 Å². The summed E-state index contributed by atoms with van der Waals surface area (Å²) in [5.41, 5.74) is 0.528. The zero-order valence-corrected chi connectivity index (χ0v) is 9.84. The van der Waals surface area contributed by atoms with E-state index >= 15 is 0 Å². The molecule has 0 aliphatic heterocycles. The summed E-state index contributed by atoms with van der Waals surface area (Å²) >= 11 is 0. The summed E-state index contributed by atoms with van der Waals surface area (Å²) in [6.07, 6.45) is -5.58. The van der Waals surface area contributed by atoms with Gasteiger partial charge in [0.2, 0.25) is 6.30 Å². The molecule has 17 heavy (non-hydrogen) atoms. The van der Waals surface area contributed by atoms with Crippen molar-refractivity contribution in [2.75, 3.05) is 6.61 Å². The smallest absolute Gasteiger partial charge is 0.339 e. The topological polar surface area (TPSA) is 31.2 Å². The van der Waals surface area contributed by atoms with E-state index in [4.69, 9.17) is 4.74 Å². The number of carbonyl (C=O) groups excluding carboxylic acids is 1.